The van der Waals surface area contributed by atoms with Crippen molar-refractivity contribution >= 4 is 41.3 Å². The molecule has 0 saturated heterocycles. The molecule has 2 rings (SSSR count). The standard InChI is InChI=1S/C18H24F2N4OS.HI/c1-4-21-18(23-10-17-24-16(11-26-17)12(2)3)22-7-8-25-13-5-6-14(19)15(20)9-13;/h5-6,9,11-12H,4,7-8,10H2,1-3H3,(H2,21,22,23);1H. The van der Waals surface area contributed by atoms with Crippen LogP contribution in [0.25, 0.3) is 0 Å². The molecule has 0 amide bonds. The molecule has 0 spiro atoms. The second-order valence-corrected chi connectivity index (χ2v) is 6.81. The summed E-state index contributed by atoms with van der Waals surface area (Å²) in [5, 5.41) is 9.31. The summed E-state index contributed by atoms with van der Waals surface area (Å²) in [7, 11) is 0. The monoisotopic (exact) mass is 510 g/mol. The number of halogens is 3. The third-order valence-electron chi connectivity index (χ3n) is 3.43. The van der Waals surface area contributed by atoms with Crippen molar-refractivity contribution in [2.75, 3.05) is 19.7 Å². The molecule has 0 saturated carbocycles. The van der Waals surface area contributed by atoms with E-state index in [1.807, 2.05) is 6.92 Å². The Balaban J connectivity index is 0.00000364. The second-order valence-electron chi connectivity index (χ2n) is 5.87. The maximum Gasteiger partial charge on any atom is 0.191 e. The number of nitrogens with zero attached hydrogens (tertiary/aromatic N) is 2. The summed E-state index contributed by atoms with van der Waals surface area (Å²) in [6.07, 6.45) is 0. The number of hydrogen-bond acceptors (Lipinski definition) is 4. The van der Waals surface area contributed by atoms with Gasteiger partial charge in [0, 0.05) is 18.0 Å². The maximum atomic E-state index is 13.1. The molecule has 0 radical (unpaired) electrons. The Kier molecular flexibility index (Phi) is 10.5. The van der Waals surface area contributed by atoms with Gasteiger partial charge < -0.3 is 15.4 Å². The van der Waals surface area contributed by atoms with Crippen LogP contribution in [0.5, 0.6) is 5.75 Å². The summed E-state index contributed by atoms with van der Waals surface area (Å²) in [6.45, 7) is 8.20. The first kappa shape index (κ1) is 23.5. The predicted octanol–water partition coefficient (Wildman–Crippen LogP) is 4.30. The first-order valence-corrected chi connectivity index (χ1v) is 9.42. The van der Waals surface area contributed by atoms with Crippen molar-refractivity contribution in [1.82, 2.24) is 15.6 Å². The van der Waals surface area contributed by atoms with Crippen LogP contribution in [-0.4, -0.2) is 30.6 Å². The highest BCUT2D eigenvalue weighted by molar-refractivity contribution is 14.0. The average Bonchev–Trinajstić information content (AvgIpc) is 3.09. The van der Waals surface area contributed by atoms with Gasteiger partial charge in [0.1, 0.15) is 17.4 Å². The van der Waals surface area contributed by atoms with E-state index in [0.29, 0.717) is 31.6 Å². The highest BCUT2D eigenvalue weighted by atomic mass is 127. The molecule has 150 valence electrons. The Morgan fingerprint density at radius 1 is 1.26 bits per heavy atom. The van der Waals surface area contributed by atoms with Crippen molar-refractivity contribution in [1.29, 1.82) is 0 Å². The topological polar surface area (TPSA) is 58.5 Å². The van der Waals surface area contributed by atoms with Gasteiger partial charge in [0.15, 0.2) is 17.6 Å². The molecule has 2 N–H and O–H groups in total. The first-order valence-electron chi connectivity index (χ1n) is 8.54. The van der Waals surface area contributed by atoms with Crippen LogP contribution < -0.4 is 15.4 Å². The minimum atomic E-state index is -0.922. The average molecular weight is 510 g/mol. The van der Waals surface area contributed by atoms with Crippen LogP contribution in [0.4, 0.5) is 8.78 Å². The fourth-order valence-corrected chi connectivity index (χ4v) is 2.94. The van der Waals surface area contributed by atoms with Crippen LogP contribution in [0.3, 0.4) is 0 Å². The zero-order valence-corrected chi connectivity index (χ0v) is 18.7. The van der Waals surface area contributed by atoms with Crippen LogP contribution >= 0.6 is 35.3 Å². The van der Waals surface area contributed by atoms with Gasteiger partial charge in [-0.05, 0) is 25.0 Å². The lowest BCUT2D eigenvalue weighted by Crippen LogP contribution is -2.39. The van der Waals surface area contributed by atoms with E-state index in [4.69, 9.17) is 4.74 Å². The van der Waals surface area contributed by atoms with Crippen molar-refractivity contribution in [2.24, 2.45) is 4.99 Å². The predicted molar refractivity (Wildman–Crippen MR) is 116 cm³/mol. The largest absolute Gasteiger partial charge is 0.492 e. The molecule has 27 heavy (non-hydrogen) atoms. The van der Waals surface area contributed by atoms with Crippen LogP contribution in [0, 0.1) is 11.6 Å². The van der Waals surface area contributed by atoms with Gasteiger partial charge in [-0.3, -0.25) is 0 Å². The van der Waals surface area contributed by atoms with Crippen molar-refractivity contribution < 1.29 is 13.5 Å². The molecule has 1 aromatic heterocycles. The molecular weight excluding hydrogens is 485 g/mol. The van der Waals surface area contributed by atoms with Gasteiger partial charge in [-0.25, -0.2) is 18.8 Å². The summed E-state index contributed by atoms with van der Waals surface area (Å²) >= 11 is 1.60. The number of hydrogen-bond donors (Lipinski definition) is 2. The van der Waals surface area contributed by atoms with Crippen LogP contribution in [-0.2, 0) is 6.54 Å². The van der Waals surface area contributed by atoms with Gasteiger partial charge in [0.2, 0.25) is 0 Å². The zero-order chi connectivity index (χ0) is 18.9. The van der Waals surface area contributed by atoms with E-state index in [2.05, 4.69) is 39.8 Å². The number of rotatable bonds is 8. The molecule has 1 heterocycles. The van der Waals surface area contributed by atoms with Crippen molar-refractivity contribution in [2.45, 2.75) is 33.2 Å². The van der Waals surface area contributed by atoms with Crippen LogP contribution in [0.1, 0.15) is 37.4 Å². The summed E-state index contributed by atoms with van der Waals surface area (Å²) < 4.78 is 31.4. The van der Waals surface area contributed by atoms with Gasteiger partial charge in [-0.2, -0.15) is 0 Å². The molecule has 0 fully saturated rings. The van der Waals surface area contributed by atoms with Gasteiger partial charge >= 0.3 is 0 Å². The number of aliphatic imine (C=N–C) groups is 1. The molecule has 0 unspecified atom stereocenters. The number of thiazole rings is 1. The third kappa shape index (κ3) is 7.96. The summed E-state index contributed by atoms with van der Waals surface area (Å²) in [5.41, 5.74) is 1.08. The van der Waals surface area contributed by atoms with E-state index in [9.17, 15) is 8.78 Å². The Morgan fingerprint density at radius 3 is 2.67 bits per heavy atom. The molecule has 0 aliphatic heterocycles. The summed E-state index contributed by atoms with van der Waals surface area (Å²) in [6, 6.07) is 3.47. The Morgan fingerprint density at radius 2 is 2.04 bits per heavy atom. The number of nitrogens with one attached hydrogen (secondary N) is 2. The lowest BCUT2D eigenvalue weighted by Gasteiger charge is -2.12. The quantitative estimate of drug-likeness (QED) is 0.241. The zero-order valence-electron chi connectivity index (χ0n) is 15.6. The Bertz CT molecular complexity index is 740. The molecule has 0 atom stereocenters. The first-order chi connectivity index (χ1) is 12.5. The normalized spacial score (nSPS) is 11.3. The minimum Gasteiger partial charge on any atom is -0.492 e. The fraction of sp³-hybridized carbons (Fsp3) is 0.444. The van der Waals surface area contributed by atoms with Crippen LogP contribution in [0.15, 0.2) is 28.6 Å². The molecule has 2 aromatic rings. The number of ether oxygens (including phenoxy) is 1. The van der Waals surface area contributed by atoms with Gasteiger partial charge in [-0.1, -0.05) is 13.8 Å². The lowest BCUT2D eigenvalue weighted by molar-refractivity contribution is 0.318. The van der Waals surface area contributed by atoms with Gasteiger partial charge in [-0.15, -0.1) is 35.3 Å². The van der Waals surface area contributed by atoms with Crippen molar-refractivity contribution in [3.05, 3.63) is 45.9 Å². The Hall–Kier alpha value is -1.49. The fourth-order valence-electron chi connectivity index (χ4n) is 2.06. The van der Waals surface area contributed by atoms with E-state index in [1.165, 1.54) is 6.07 Å². The van der Waals surface area contributed by atoms with E-state index in [0.717, 1.165) is 29.4 Å². The van der Waals surface area contributed by atoms with Gasteiger partial charge in [0.05, 0.1) is 18.8 Å². The van der Waals surface area contributed by atoms with E-state index in [1.54, 1.807) is 11.3 Å². The van der Waals surface area contributed by atoms with E-state index in [-0.39, 0.29) is 29.7 Å². The van der Waals surface area contributed by atoms with Gasteiger partial charge in [0.25, 0.3) is 0 Å². The highest BCUT2D eigenvalue weighted by Crippen LogP contribution is 2.18. The van der Waals surface area contributed by atoms with E-state index >= 15 is 0 Å². The second kappa shape index (κ2) is 12.1. The van der Waals surface area contributed by atoms with Crippen molar-refractivity contribution in [3.63, 3.8) is 0 Å². The molecule has 0 aliphatic carbocycles. The SMILES string of the molecule is CCNC(=NCc1nc(C(C)C)cs1)NCCOc1ccc(F)c(F)c1.I. The molecule has 1 aromatic carbocycles. The molecule has 5 nitrogen and oxygen atoms in total. The van der Waals surface area contributed by atoms with Crippen LogP contribution in [0.2, 0.25) is 0 Å². The highest BCUT2D eigenvalue weighted by Gasteiger charge is 2.06. The number of aromatic nitrogens is 1. The molecule has 0 bridgehead atoms. The molecule has 9 heteroatoms. The summed E-state index contributed by atoms with van der Waals surface area (Å²) in [4.78, 5) is 9.06. The number of benzene rings is 1. The summed E-state index contributed by atoms with van der Waals surface area (Å²) in [5.74, 6) is -0.461. The molecular formula is C18H25F2IN4OS. The minimum absolute atomic E-state index is 0. The van der Waals surface area contributed by atoms with Crippen molar-refractivity contribution in [3.8, 4) is 5.75 Å². The van der Waals surface area contributed by atoms with E-state index < -0.39 is 11.6 Å². The Labute approximate surface area is 179 Å². The third-order valence-corrected chi connectivity index (χ3v) is 4.28. The smallest absolute Gasteiger partial charge is 0.191 e. The number of guanidine groups is 1. The lowest BCUT2D eigenvalue weighted by atomic mass is 10.2. The molecule has 0 aliphatic rings. The maximum absolute atomic E-state index is 13.1.